The maximum absolute atomic E-state index is 12.8. The highest BCUT2D eigenvalue weighted by atomic mass is 16.4. The quantitative estimate of drug-likeness (QED) is 0.445. The van der Waals surface area contributed by atoms with Gasteiger partial charge in [-0.15, -0.1) is 0 Å². The third-order valence-corrected chi connectivity index (χ3v) is 4.59. The normalized spacial score (nSPS) is 16.2. The van der Waals surface area contributed by atoms with E-state index < -0.39 is 36.6 Å². The minimum absolute atomic E-state index is 0.216. The molecule has 28 heavy (non-hydrogen) atoms. The van der Waals surface area contributed by atoms with Crippen LogP contribution in [0.5, 0.6) is 0 Å². The first-order valence-electron chi connectivity index (χ1n) is 8.89. The SMILES string of the molecule is CC[C@@H](C)[C@H](NC(=O)N1CC(=O)Nc2ccccc21)C(=O)N[C@@H](CO)C(=O)O. The van der Waals surface area contributed by atoms with Crippen molar-refractivity contribution < 1.29 is 29.4 Å². The van der Waals surface area contributed by atoms with Gasteiger partial charge in [0.25, 0.3) is 0 Å². The van der Waals surface area contributed by atoms with Gasteiger partial charge >= 0.3 is 12.0 Å². The number of fused-ring (bicyclic) bond motifs is 1. The number of benzene rings is 1. The van der Waals surface area contributed by atoms with E-state index in [0.717, 1.165) is 0 Å². The number of anilines is 2. The molecule has 0 aliphatic carbocycles. The number of nitrogens with zero attached hydrogens (tertiary/aromatic N) is 1. The number of aliphatic hydroxyl groups excluding tert-OH is 1. The van der Waals surface area contributed by atoms with Gasteiger partial charge in [-0.3, -0.25) is 14.5 Å². The molecule has 10 nitrogen and oxygen atoms in total. The molecule has 0 bridgehead atoms. The van der Waals surface area contributed by atoms with E-state index in [4.69, 9.17) is 10.2 Å². The second-order valence-corrected chi connectivity index (χ2v) is 6.55. The van der Waals surface area contributed by atoms with E-state index in [1.807, 2.05) is 6.92 Å². The largest absolute Gasteiger partial charge is 0.480 e. The van der Waals surface area contributed by atoms with E-state index in [1.54, 1.807) is 31.2 Å². The fraction of sp³-hybridized carbons (Fsp3) is 0.444. The highest BCUT2D eigenvalue weighted by Gasteiger charge is 2.33. The van der Waals surface area contributed by atoms with Crippen molar-refractivity contribution in [3.05, 3.63) is 24.3 Å². The topological polar surface area (TPSA) is 148 Å². The molecule has 0 unspecified atom stereocenters. The van der Waals surface area contributed by atoms with Crippen LogP contribution >= 0.6 is 0 Å². The van der Waals surface area contributed by atoms with Gasteiger partial charge in [-0.05, 0) is 18.1 Å². The summed E-state index contributed by atoms with van der Waals surface area (Å²) in [6, 6.07) is 3.59. The van der Waals surface area contributed by atoms with Crippen molar-refractivity contribution in [2.45, 2.75) is 32.4 Å². The Balaban J connectivity index is 2.20. The number of urea groups is 1. The molecule has 0 saturated carbocycles. The van der Waals surface area contributed by atoms with Gasteiger partial charge in [0.15, 0.2) is 0 Å². The number of rotatable bonds is 7. The van der Waals surface area contributed by atoms with Gasteiger partial charge in [0.05, 0.1) is 18.0 Å². The summed E-state index contributed by atoms with van der Waals surface area (Å²) in [5.41, 5.74) is 0.964. The first-order chi connectivity index (χ1) is 13.3. The number of amides is 4. The van der Waals surface area contributed by atoms with E-state index in [-0.39, 0.29) is 18.4 Å². The van der Waals surface area contributed by atoms with Crippen LogP contribution in [-0.2, 0) is 14.4 Å². The molecule has 0 aromatic heterocycles. The number of hydrogen-bond acceptors (Lipinski definition) is 5. The molecule has 5 N–H and O–H groups in total. The summed E-state index contributed by atoms with van der Waals surface area (Å²) in [5.74, 6) is -2.79. The number of carbonyl (C=O) groups is 4. The summed E-state index contributed by atoms with van der Waals surface area (Å²) in [6.45, 7) is 2.56. The van der Waals surface area contributed by atoms with E-state index in [9.17, 15) is 19.2 Å². The van der Waals surface area contributed by atoms with Gasteiger partial charge in [-0.25, -0.2) is 9.59 Å². The zero-order valence-corrected chi connectivity index (χ0v) is 15.6. The number of aliphatic hydroxyl groups is 1. The zero-order chi connectivity index (χ0) is 20.8. The summed E-state index contributed by atoms with van der Waals surface area (Å²) in [4.78, 5) is 49.5. The van der Waals surface area contributed by atoms with Gasteiger partial charge in [-0.1, -0.05) is 32.4 Å². The standard InChI is InChI=1S/C18H24N4O6/c1-3-10(2)15(16(25)20-12(9-23)17(26)27)21-18(28)22-8-14(24)19-11-6-4-5-7-13(11)22/h4-7,10,12,15,23H,3,8-9H2,1-2H3,(H,19,24)(H,20,25)(H,21,28)(H,26,27)/t10-,12+,15+/m1/s1. The first-order valence-corrected chi connectivity index (χ1v) is 8.89. The lowest BCUT2D eigenvalue weighted by molar-refractivity contribution is -0.143. The average molecular weight is 392 g/mol. The lowest BCUT2D eigenvalue weighted by atomic mass is 9.98. The van der Waals surface area contributed by atoms with Crippen LogP contribution in [0.15, 0.2) is 24.3 Å². The molecule has 1 aromatic rings. The summed E-state index contributed by atoms with van der Waals surface area (Å²) < 4.78 is 0. The molecule has 1 aromatic carbocycles. The van der Waals surface area contributed by atoms with Crippen molar-refractivity contribution in [2.24, 2.45) is 5.92 Å². The maximum Gasteiger partial charge on any atom is 0.328 e. The Morgan fingerprint density at radius 3 is 2.54 bits per heavy atom. The second-order valence-electron chi connectivity index (χ2n) is 6.55. The van der Waals surface area contributed by atoms with E-state index in [0.29, 0.717) is 17.8 Å². The van der Waals surface area contributed by atoms with Gasteiger partial charge in [0.1, 0.15) is 18.6 Å². The Morgan fingerprint density at radius 2 is 1.93 bits per heavy atom. The lowest BCUT2D eigenvalue weighted by Crippen LogP contribution is -2.58. The number of carboxylic acids is 1. The van der Waals surface area contributed by atoms with Crippen LogP contribution in [0.3, 0.4) is 0 Å². The predicted octanol–water partition coefficient (Wildman–Crippen LogP) is 0.131. The van der Waals surface area contributed by atoms with E-state index in [2.05, 4.69) is 16.0 Å². The van der Waals surface area contributed by atoms with Crippen molar-refractivity contribution in [3.63, 3.8) is 0 Å². The van der Waals surface area contributed by atoms with Crippen LogP contribution in [0.2, 0.25) is 0 Å². The van der Waals surface area contributed by atoms with Crippen LogP contribution in [0.25, 0.3) is 0 Å². The van der Waals surface area contributed by atoms with E-state index >= 15 is 0 Å². The van der Waals surface area contributed by atoms with Gasteiger partial charge in [-0.2, -0.15) is 0 Å². The Labute approximate surface area is 161 Å². The number of para-hydroxylation sites is 2. The molecule has 1 aliphatic heterocycles. The molecular weight excluding hydrogens is 368 g/mol. The van der Waals surface area contributed by atoms with Crippen molar-refractivity contribution in [3.8, 4) is 0 Å². The van der Waals surface area contributed by atoms with E-state index in [1.165, 1.54) is 4.90 Å². The molecule has 4 amide bonds. The Kier molecular flexibility index (Phi) is 6.94. The third kappa shape index (κ3) is 4.77. The lowest BCUT2D eigenvalue weighted by Gasteiger charge is -2.32. The molecule has 1 heterocycles. The molecule has 0 fully saturated rings. The maximum atomic E-state index is 12.8. The Hall–Kier alpha value is -3.14. The van der Waals surface area contributed by atoms with Gasteiger partial charge in [0.2, 0.25) is 11.8 Å². The van der Waals surface area contributed by atoms with Gasteiger partial charge in [0, 0.05) is 0 Å². The van der Waals surface area contributed by atoms with Crippen LogP contribution < -0.4 is 20.9 Å². The summed E-state index contributed by atoms with van der Waals surface area (Å²) in [6.07, 6.45) is 0.534. The third-order valence-electron chi connectivity index (χ3n) is 4.59. The minimum Gasteiger partial charge on any atom is -0.480 e. The molecule has 3 atom stereocenters. The summed E-state index contributed by atoms with van der Waals surface area (Å²) in [7, 11) is 0. The average Bonchev–Trinajstić information content (AvgIpc) is 2.68. The fourth-order valence-electron chi connectivity index (χ4n) is 2.77. The molecule has 0 spiro atoms. The molecule has 0 radical (unpaired) electrons. The van der Waals surface area contributed by atoms with Crippen LogP contribution in [-0.4, -0.2) is 59.3 Å². The molecule has 152 valence electrons. The molecule has 10 heteroatoms. The molecule has 0 saturated heterocycles. The zero-order valence-electron chi connectivity index (χ0n) is 15.6. The smallest absolute Gasteiger partial charge is 0.328 e. The number of hydrogen-bond donors (Lipinski definition) is 5. The minimum atomic E-state index is -1.47. The summed E-state index contributed by atoms with van der Waals surface area (Å²) >= 11 is 0. The Morgan fingerprint density at radius 1 is 1.25 bits per heavy atom. The summed E-state index contributed by atoms with van der Waals surface area (Å²) in [5, 5.41) is 25.6. The van der Waals surface area contributed by atoms with Crippen LogP contribution in [0.4, 0.5) is 16.2 Å². The van der Waals surface area contributed by atoms with Crippen LogP contribution in [0, 0.1) is 5.92 Å². The van der Waals surface area contributed by atoms with Crippen LogP contribution in [0.1, 0.15) is 20.3 Å². The van der Waals surface area contributed by atoms with Crippen molar-refractivity contribution in [2.75, 3.05) is 23.4 Å². The number of aliphatic carboxylic acids is 1. The fourth-order valence-corrected chi connectivity index (χ4v) is 2.77. The number of carboxylic acid groups (broad SMARTS) is 1. The highest BCUT2D eigenvalue weighted by molar-refractivity contribution is 6.10. The number of nitrogens with one attached hydrogen (secondary N) is 3. The Bertz CT molecular complexity index is 768. The van der Waals surface area contributed by atoms with Crippen molar-refractivity contribution in [1.82, 2.24) is 10.6 Å². The highest BCUT2D eigenvalue weighted by Crippen LogP contribution is 2.29. The predicted molar refractivity (Wildman–Crippen MR) is 101 cm³/mol. The first kappa shape index (κ1) is 21.2. The monoisotopic (exact) mass is 392 g/mol. The van der Waals surface area contributed by atoms with Gasteiger partial charge < -0.3 is 26.2 Å². The molecule has 1 aliphatic rings. The number of carbonyl (C=O) groups excluding carboxylic acids is 3. The van der Waals surface area contributed by atoms with Crippen molar-refractivity contribution >= 4 is 35.2 Å². The molecular formula is C18H24N4O6. The van der Waals surface area contributed by atoms with Crippen molar-refractivity contribution in [1.29, 1.82) is 0 Å². The second kappa shape index (κ2) is 9.18. The molecule has 2 rings (SSSR count).